The van der Waals surface area contributed by atoms with Crippen molar-refractivity contribution in [1.82, 2.24) is 9.44 Å². The molecule has 6 nitrogen and oxygen atoms in total. The SMILES string of the molecule is Cc1cccc(CS(=O)(=O)NCCS(=O)(=O)NC2CCCC2)c1. The number of hydrogen-bond acceptors (Lipinski definition) is 4. The average Bonchev–Trinajstić information content (AvgIpc) is 2.89. The van der Waals surface area contributed by atoms with Gasteiger partial charge in [0.2, 0.25) is 20.0 Å². The van der Waals surface area contributed by atoms with Crippen LogP contribution in [0.15, 0.2) is 24.3 Å². The summed E-state index contributed by atoms with van der Waals surface area (Å²) in [6.45, 7) is 1.78. The van der Waals surface area contributed by atoms with Crippen LogP contribution in [0.3, 0.4) is 0 Å². The first-order valence-electron chi connectivity index (χ1n) is 7.79. The third kappa shape index (κ3) is 6.58. The molecule has 0 atom stereocenters. The second-order valence-electron chi connectivity index (χ2n) is 6.06. The Bertz CT molecular complexity index is 724. The predicted octanol–water partition coefficient (Wildman–Crippen LogP) is 1.28. The monoisotopic (exact) mass is 360 g/mol. The van der Waals surface area contributed by atoms with Crippen molar-refractivity contribution in [3.05, 3.63) is 35.4 Å². The number of aryl methyl sites for hydroxylation is 1. The first-order valence-corrected chi connectivity index (χ1v) is 11.1. The van der Waals surface area contributed by atoms with Crippen molar-refractivity contribution in [3.8, 4) is 0 Å². The Morgan fingerprint density at radius 2 is 1.78 bits per heavy atom. The Kier molecular flexibility index (Phi) is 6.19. The molecule has 1 aromatic rings. The largest absolute Gasteiger partial charge is 0.215 e. The van der Waals surface area contributed by atoms with Gasteiger partial charge in [-0.2, -0.15) is 0 Å². The lowest BCUT2D eigenvalue weighted by atomic mass is 10.2. The van der Waals surface area contributed by atoms with Gasteiger partial charge in [0.25, 0.3) is 0 Å². The van der Waals surface area contributed by atoms with Gasteiger partial charge >= 0.3 is 0 Å². The molecule has 23 heavy (non-hydrogen) atoms. The quantitative estimate of drug-likeness (QED) is 0.730. The van der Waals surface area contributed by atoms with Crippen LogP contribution < -0.4 is 9.44 Å². The van der Waals surface area contributed by atoms with E-state index >= 15 is 0 Å². The Labute approximate surface area is 138 Å². The van der Waals surface area contributed by atoms with Crippen LogP contribution in [0.2, 0.25) is 0 Å². The number of sulfonamides is 2. The highest BCUT2D eigenvalue weighted by atomic mass is 32.2. The minimum absolute atomic E-state index is 0.00361. The molecule has 1 aliphatic carbocycles. The summed E-state index contributed by atoms with van der Waals surface area (Å²) in [5, 5.41) is 0. The molecule has 2 N–H and O–H groups in total. The molecule has 0 bridgehead atoms. The molecule has 8 heteroatoms. The van der Waals surface area contributed by atoms with Crippen molar-refractivity contribution in [1.29, 1.82) is 0 Å². The van der Waals surface area contributed by atoms with Gasteiger partial charge in [0.05, 0.1) is 11.5 Å². The Morgan fingerprint density at radius 1 is 1.09 bits per heavy atom. The van der Waals surface area contributed by atoms with Gasteiger partial charge in [0.15, 0.2) is 0 Å². The molecule has 0 spiro atoms. The molecule has 0 saturated heterocycles. The number of rotatable bonds is 8. The van der Waals surface area contributed by atoms with E-state index in [1.165, 1.54) is 0 Å². The summed E-state index contributed by atoms with van der Waals surface area (Å²) in [5.74, 6) is -0.388. The molecule has 0 amide bonds. The van der Waals surface area contributed by atoms with E-state index in [0.717, 1.165) is 31.2 Å². The van der Waals surface area contributed by atoms with E-state index < -0.39 is 20.0 Å². The second kappa shape index (κ2) is 7.74. The van der Waals surface area contributed by atoms with E-state index in [1.54, 1.807) is 18.2 Å². The maximum Gasteiger partial charge on any atom is 0.215 e. The molecular formula is C15H24N2O4S2. The fourth-order valence-electron chi connectivity index (χ4n) is 2.76. The maximum absolute atomic E-state index is 12.0. The zero-order valence-corrected chi connectivity index (χ0v) is 14.9. The Hall–Kier alpha value is -0.960. The lowest BCUT2D eigenvalue weighted by Gasteiger charge is -2.13. The van der Waals surface area contributed by atoms with Crippen LogP contribution in [-0.2, 0) is 25.8 Å². The fourth-order valence-corrected chi connectivity index (χ4v) is 5.26. The molecule has 1 saturated carbocycles. The van der Waals surface area contributed by atoms with Gasteiger partial charge in [0, 0.05) is 12.6 Å². The summed E-state index contributed by atoms with van der Waals surface area (Å²) < 4.78 is 52.9. The molecule has 2 rings (SSSR count). The van der Waals surface area contributed by atoms with E-state index in [2.05, 4.69) is 9.44 Å². The first-order chi connectivity index (χ1) is 10.8. The highest BCUT2D eigenvalue weighted by Crippen LogP contribution is 2.18. The molecule has 0 aromatic heterocycles. The summed E-state index contributed by atoms with van der Waals surface area (Å²) in [5.41, 5.74) is 1.67. The Balaban J connectivity index is 1.82. The van der Waals surface area contributed by atoms with Crippen molar-refractivity contribution in [2.45, 2.75) is 44.4 Å². The summed E-state index contributed by atoms with van der Waals surface area (Å²) in [7, 11) is -6.99. The van der Waals surface area contributed by atoms with Crippen LogP contribution in [0.1, 0.15) is 36.8 Å². The van der Waals surface area contributed by atoms with Crippen LogP contribution >= 0.6 is 0 Å². The van der Waals surface area contributed by atoms with Gasteiger partial charge < -0.3 is 0 Å². The molecule has 0 aliphatic heterocycles. The molecule has 130 valence electrons. The first kappa shape index (κ1) is 18.4. The maximum atomic E-state index is 12.0. The minimum Gasteiger partial charge on any atom is -0.214 e. The van der Waals surface area contributed by atoms with E-state index in [-0.39, 0.29) is 24.1 Å². The van der Waals surface area contributed by atoms with E-state index in [4.69, 9.17) is 0 Å². The van der Waals surface area contributed by atoms with E-state index in [9.17, 15) is 16.8 Å². The third-order valence-corrected chi connectivity index (χ3v) is 6.62. The minimum atomic E-state index is -3.54. The number of hydrogen-bond donors (Lipinski definition) is 2. The van der Waals surface area contributed by atoms with Crippen molar-refractivity contribution < 1.29 is 16.8 Å². The summed E-state index contributed by atoms with van der Waals surface area (Å²) >= 11 is 0. The van der Waals surface area contributed by atoms with Gasteiger partial charge in [-0.1, -0.05) is 42.7 Å². The standard InChI is InChI=1S/C15H24N2O4S2/c1-13-5-4-6-14(11-13)12-23(20,21)16-9-10-22(18,19)17-15-7-2-3-8-15/h4-6,11,15-17H,2-3,7-10,12H2,1H3. The Morgan fingerprint density at radius 3 is 2.43 bits per heavy atom. The van der Waals surface area contributed by atoms with Gasteiger partial charge in [-0.05, 0) is 25.3 Å². The zero-order chi connectivity index (χ0) is 16.9. The smallest absolute Gasteiger partial charge is 0.214 e. The van der Waals surface area contributed by atoms with Crippen molar-refractivity contribution in [2.75, 3.05) is 12.3 Å². The molecular weight excluding hydrogens is 336 g/mol. The van der Waals surface area contributed by atoms with Crippen molar-refractivity contribution in [3.63, 3.8) is 0 Å². The number of benzene rings is 1. The van der Waals surface area contributed by atoms with Crippen molar-refractivity contribution in [2.24, 2.45) is 0 Å². The third-order valence-electron chi connectivity index (χ3n) is 3.83. The van der Waals surface area contributed by atoms with Gasteiger partial charge in [-0.3, -0.25) is 0 Å². The lowest BCUT2D eigenvalue weighted by molar-refractivity contribution is 0.550. The van der Waals surface area contributed by atoms with Crippen LogP contribution in [0, 0.1) is 6.92 Å². The molecule has 1 aromatic carbocycles. The van der Waals surface area contributed by atoms with Gasteiger partial charge in [-0.25, -0.2) is 26.3 Å². The highest BCUT2D eigenvalue weighted by Gasteiger charge is 2.21. The normalized spacial score (nSPS) is 16.7. The van der Waals surface area contributed by atoms with Crippen molar-refractivity contribution >= 4 is 20.0 Å². The number of nitrogens with one attached hydrogen (secondary N) is 2. The molecule has 1 fully saturated rings. The predicted molar refractivity (Wildman–Crippen MR) is 91.0 cm³/mol. The average molecular weight is 361 g/mol. The van der Waals surface area contributed by atoms with Crippen LogP contribution in [0.4, 0.5) is 0 Å². The van der Waals surface area contributed by atoms with Gasteiger partial charge in [0.1, 0.15) is 0 Å². The molecule has 0 heterocycles. The van der Waals surface area contributed by atoms with Crippen LogP contribution in [0.25, 0.3) is 0 Å². The van der Waals surface area contributed by atoms with Crippen LogP contribution in [0.5, 0.6) is 0 Å². The highest BCUT2D eigenvalue weighted by molar-refractivity contribution is 7.90. The van der Waals surface area contributed by atoms with Gasteiger partial charge in [-0.15, -0.1) is 0 Å². The zero-order valence-electron chi connectivity index (χ0n) is 13.3. The lowest BCUT2D eigenvalue weighted by Crippen LogP contribution is -2.38. The fraction of sp³-hybridized carbons (Fsp3) is 0.600. The topological polar surface area (TPSA) is 92.3 Å². The van der Waals surface area contributed by atoms with Crippen LogP contribution in [-0.4, -0.2) is 35.2 Å². The summed E-state index contributed by atoms with van der Waals surface area (Å²) in [6, 6.07) is 7.24. The van der Waals surface area contributed by atoms with E-state index in [0.29, 0.717) is 5.56 Å². The molecule has 0 unspecified atom stereocenters. The second-order valence-corrected chi connectivity index (χ2v) is 9.74. The summed E-state index contributed by atoms with van der Waals surface area (Å²) in [6.07, 6.45) is 3.79. The molecule has 1 aliphatic rings. The summed E-state index contributed by atoms with van der Waals surface area (Å²) in [4.78, 5) is 0. The molecule has 0 radical (unpaired) electrons. The van der Waals surface area contributed by atoms with E-state index in [1.807, 2.05) is 13.0 Å².